The third kappa shape index (κ3) is 5.44. The first-order chi connectivity index (χ1) is 13.4. The Labute approximate surface area is 184 Å². The fourth-order valence-corrected chi connectivity index (χ4v) is 4.09. The average molecular weight is 438 g/mol. The van der Waals surface area contributed by atoms with E-state index in [2.05, 4.69) is 32.6 Å². The fourth-order valence-electron chi connectivity index (χ4n) is 3.87. The zero-order valence-corrected chi connectivity index (χ0v) is 18.9. The van der Waals surface area contributed by atoms with Gasteiger partial charge >= 0.3 is 5.97 Å². The van der Waals surface area contributed by atoms with E-state index in [1.807, 2.05) is 36.4 Å². The molecule has 0 radical (unpaired) electrons. The Kier molecular flexibility index (Phi) is 8.38. The van der Waals surface area contributed by atoms with Crippen LogP contribution in [0.3, 0.4) is 0 Å². The maximum Gasteiger partial charge on any atom is 0.306 e. The smallest absolute Gasteiger partial charge is 0.306 e. The summed E-state index contributed by atoms with van der Waals surface area (Å²) in [6.07, 6.45) is 0.261. The molecule has 1 heterocycles. The Morgan fingerprint density at radius 3 is 2.41 bits per heavy atom. The number of para-hydroxylation sites is 2. The van der Waals surface area contributed by atoms with Crippen molar-refractivity contribution in [1.29, 1.82) is 0 Å². The number of carbonyl (C=O) groups excluding carboxylic acids is 1. The summed E-state index contributed by atoms with van der Waals surface area (Å²) >= 11 is 6.34. The molecule has 1 unspecified atom stereocenters. The quantitative estimate of drug-likeness (QED) is 0.493. The summed E-state index contributed by atoms with van der Waals surface area (Å²) in [6.45, 7) is 9.74. The van der Waals surface area contributed by atoms with Gasteiger partial charge in [-0.25, -0.2) is 0 Å². The number of rotatable bonds is 7. The second-order valence-electron chi connectivity index (χ2n) is 7.70. The maximum atomic E-state index is 12.6. The topological polar surface area (TPSA) is 38.8 Å². The van der Waals surface area contributed by atoms with Crippen LogP contribution in [0.15, 0.2) is 42.5 Å². The molecule has 0 aliphatic carbocycles. The fraction of sp³-hybridized carbons (Fsp3) is 0.435. The number of hydrogen-bond donors (Lipinski definition) is 0. The standard InChI is InChI=1S/C23H28ClNO3.ClH/c1-15(2)25(16(3)4)12-13-27-22(26)14-19-17-8-5-6-11-21(17)28-23-18(19)9-7-10-20(23)24;/h5-11,15-16,19H,12-14H2,1-4H3;1H. The van der Waals surface area contributed by atoms with Crippen molar-refractivity contribution in [3.8, 4) is 11.5 Å². The maximum absolute atomic E-state index is 12.6. The Balaban J connectivity index is 0.00000300. The molecular formula is C23H29Cl2NO3. The van der Waals surface area contributed by atoms with E-state index in [-0.39, 0.29) is 30.7 Å². The number of benzene rings is 2. The van der Waals surface area contributed by atoms with Crippen LogP contribution in [0.4, 0.5) is 0 Å². The van der Waals surface area contributed by atoms with Gasteiger partial charge in [-0.3, -0.25) is 9.69 Å². The minimum Gasteiger partial charge on any atom is -0.464 e. The van der Waals surface area contributed by atoms with Gasteiger partial charge in [0.1, 0.15) is 18.1 Å². The predicted molar refractivity (Wildman–Crippen MR) is 120 cm³/mol. The number of esters is 1. The van der Waals surface area contributed by atoms with Gasteiger partial charge in [0, 0.05) is 35.7 Å². The van der Waals surface area contributed by atoms with E-state index < -0.39 is 0 Å². The zero-order valence-electron chi connectivity index (χ0n) is 17.4. The molecule has 0 saturated carbocycles. The lowest BCUT2D eigenvalue weighted by atomic mass is 9.85. The van der Waals surface area contributed by atoms with E-state index in [1.165, 1.54) is 0 Å². The lowest BCUT2D eigenvalue weighted by molar-refractivity contribution is -0.144. The molecule has 0 spiro atoms. The van der Waals surface area contributed by atoms with Gasteiger partial charge in [-0.05, 0) is 39.8 Å². The van der Waals surface area contributed by atoms with Crippen molar-refractivity contribution < 1.29 is 14.3 Å². The predicted octanol–water partition coefficient (Wildman–Crippen LogP) is 6.05. The molecule has 6 heteroatoms. The lowest BCUT2D eigenvalue weighted by Crippen LogP contribution is -2.39. The van der Waals surface area contributed by atoms with Crippen LogP contribution in [-0.2, 0) is 9.53 Å². The molecule has 2 aromatic rings. The largest absolute Gasteiger partial charge is 0.464 e. The molecule has 4 nitrogen and oxygen atoms in total. The summed E-state index contributed by atoms with van der Waals surface area (Å²) in [5.41, 5.74) is 1.91. The summed E-state index contributed by atoms with van der Waals surface area (Å²) in [5, 5.41) is 0.551. The minimum absolute atomic E-state index is 0. The van der Waals surface area contributed by atoms with Crippen LogP contribution < -0.4 is 4.74 Å². The molecule has 0 bridgehead atoms. The molecule has 0 fully saturated rings. The van der Waals surface area contributed by atoms with Crippen LogP contribution in [0.1, 0.15) is 51.2 Å². The summed E-state index contributed by atoms with van der Waals surface area (Å²) < 4.78 is 11.6. The number of ether oxygens (including phenoxy) is 2. The average Bonchev–Trinajstić information content (AvgIpc) is 2.65. The lowest BCUT2D eigenvalue weighted by Gasteiger charge is -2.30. The Morgan fingerprint density at radius 2 is 1.72 bits per heavy atom. The third-order valence-electron chi connectivity index (χ3n) is 5.19. The molecule has 0 amide bonds. The van der Waals surface area contributed by atoms with Gasteiger partial charge in [0.2, 0.25) is 0 Å². The highest BCUT2D eigenvalue weighted by Gasteiger charge is 2.30. The highest BCUT2D eigenvalue weighted by molar-refractivity contribution is 6.32. The molecule has 0 saturated heterocycles. The summed E-state index contributed by atoms with van der Waals surface area (Å²) in [5.74, 6) is 1.04. The van der Waals surface area contributed by atoms with Crippen LogP contribution in [0.25, 0.3) is 0 Å². The van der Waals surface area contributed by atoms with Crippen LogP contribution in [0.5, 0.6) is 11.5 Å². The number of nitrogens with zero attached hydrogens (tertiary/aromatic N) is 1. The van der Waals surface area contributed by atoms with E-state index in [0.29, 0.717) is 29.5 Å². The minimum atomic E-state index is -0.208. The van der Waals surface area contributed by atoms with Gasteiger partial charge in [-0.1, -0.05) is 41.9 Å². The van der Waals surface area contributed by atoms with Gasteiger partial charge < -0.3 is 9.47 Å². The molecule has 0 aromatic heterocycles. The molecule has 0 N–H and O–H groups in total. The van der Waals surface area contributed by atoms with Crippen molar-refractivity contribution in [3.05, 3.63) is 58.6 Å². The van der Waals surface area contributed by atoms with Crippen molar-refractivity contribution in [2.45, 2.75) is 52.1 Å². The molecule has 2 aromatic carbocycles. The summed E-state index contributed by atoms with van der Waals surface area (Å²) in [7, 11) is 0. The molecule has 158 valence electrons. The van der Waals surface area contributed by atoms with Gasteiger partial charge in [0.25, 0.3) is 0 Å². The molecule has 1 aliphatic heterocycles. The van der Waals surface area contributed by atoms with Gasteiger partial charge in [0.05, 0.1) is 11.4 Å². The number of fused-ring (bicyclic) bond motifs is 2. The van der Waals surface area contributed by atoms with Crippen LogP contribution >= 0.6 is 24.0 Å². The monoisotopic (exact) mass is 437 g/mol. The Hall–Kier alpha value is -1.75. The zero-order chi connectivity index (χ0) is 20.3. The van der Waals surface area contributed by atoms with Crippen molar-refractivity contribution in [2.75, 3.05) is 13.2 Å². The van der Waals surface area contributed by atoms with Crippen molar-refractivity contribution in [1.82, 2.24) is 4.90 Å². The van der Waals surface area contributed by atoms with Crippen molar-refractivity contribution in [2.24, 2.45) is 0 Å². The van der Waals surface area contributed by atoms with Gasteiger partial charge in [0.15, 0.2) is 0 Å². The third-order valence-corrected chi connectivity index (χ3v) is 5.49. The van der Waals surface area contributed by atoms with Crippen molar-refractivity contribution >= 4 is 30.0 Å². The van der Waals surface area contributed by atoms with Gasteiger partial charge in [-0.2, -0.15) is 0 Å². The van der Waals surface area contributed by atoms with Crippen LogP contribution in [-0.4, -0.2) is 36.1 Å². The van der Waals surface area contributed by atoms with Crippen LogP contribution in [0, 0.1) is 0 Å². The van der Waals surface area contributed by atoms with E-state index in [0.717, 1.165) is 23.4 Å². The van der Waals surface area contributed by atoms with Crippen LogP contribution in [0.2, 0.25) is 5.02 Å². The Bertz CT molecular complexity index is 831. The molecule has 3 rings (SSSR count). The molecule has 29 heavy (non-hydrogen) atoms. The molecule has 1 aliphatic rings. The second-order valence-corrected chi connectivity index (χ2v) is 8.11. The SMILES string of the molecule is CC(C)N(CCOC(=O)CC1c2ccccc2Oc2c(Cl)cccc21)C(C)C.Cl. The highest BCUT2D eigenvalue weighted by atomic mass is 35.5. The van der Waals surface area contributed by atoms with E-state index in [1.54, 1.807) is 6.07 Å². The first-order valence-electron chi connectivity index (χ1n) is 9.85. The normalized spacial score (nSPS) is 14.8. The number of carbonyl (C=O) groups is 1. The summed E-state index contributed by atoms with van der Waals surface area (Å²) in [4.78, 5) is 14.9. The number of hydrogen-bond acceptors (Lipinski definition) is 4. The molecular weight excluding hydrogens is 409 g/mol. The first-order valence-corrected chi connectivity index (χ1v) is 10.2. The van der Waals surface area contributed by atoms with Gasteiger partial charge in [-0.15, -0.1) is 12.4 Å². The first kappa shape index (κ1) is 23.5. The second kappa shape index (κ2) is 10.3. The number of halogens is 2. The Morgan fingerprint density at radius 1 is 1.07 bits per heavy atom. The summed E-state index contributed by atoms with van der Waals surface area (Å²) in [6, 6.07) is 14.3. The van der Waals surface area contributed by atoms with E-state index in [4.69, 9.17) is 21.1 Å². The van der Waals surface area contributed by atoms with Crippen molar-refractivity contribution in [3.63, 3.8) is 0 Å². The molecule has 1 atom stereocenters. The highest BCUT2D eigenvalue weighted by Crippen LogP contribution is 2.48. The van der Waals surface area contributed by atoms with E-state index >= 15 is 0 Å². The van der Waals surface area contributed by atoms with E-state index in [9.17, 15) is 4.79 Å².